The van der Waals surface area contributed by atoms with Gasteiger partial charge in [0, 0.05) is 5.56 Å². The van der Waals surface area contributed by atoms with Crippen LogP contribution < -0.4 is 0 Å². The van der Waals surface area contributed by atoms with Crippen molar-refractivity contribution in [3.05, 3.63) is 29.8 Å². The Labute approximate surface area is 115 Å². The van der Waals surface area contributed by atoms with Gasteiger partial charge in [-0.1, -0.05) is 12.1 Å². The maximum Gasteiger partial charge on any atom is 0.184 e. The molecule has 0 amide bonds. The molecule has 1 aliphatic heterocycles. The SMILES string of the molecule is OC[C@H](O)[C@@H](O)[C@@H]1OC(c2ccc(O)cc2)OC[C@H]1O. The number of phenols is 1. The van der Waals surface area contributed by atoms with Crippen LogP contribution >= 0.6 is 0 Å². The van der Waals surface area contributed by atoms with Crippen molar-refractivity contribution in [3.63, 3.8) is 0 Å². The van der Waals surface area contributed by atoms with E-state index in [4.69, 9.17) is 14.6 Å². The van der Waals surface area contributed by atoms with Gasteiger partial charge in [0.15, 0.2) is 6.29 Å². The molecule has 0 aromatic heterocycles. The van der Waals surface area contributed by atoms with E-state index in [0.29, 0.717) is 5.56 Å². The number of aliphatic hydroxyl groups is 4. The van der Waals surface area contributed by atoms with Crippen LogP contribution in [0, 0.1) is 0 Å². The molecule has 1 aromatic carbocycles. The highest BCUT2D eigenvalue weighted by Gasteiger charge is 2.39. The third kappa shape index (κ3) is 3.26. The molecule has 0 spiro atoms. The summed E-state index contributed by atoms with van der Waals surface area (Å²) in [6.45, 7) is -0.718. The van der Waals surface area contributed by atoms with Crippen molar-refractivity contribution in [2.45, 2.75) is 30.7 Å². The summed E-state index contributed by atoms with van der Waals surface area (Å²) in [6, 6.07) is 6.09. The van der Waals surface area contributed by atoms with E-state index in [1.807, 2.05) is 0 Å². The van der Waals surface area contributed by atoms with Crippen molar-refractivity contribution < 1.29 is 35.0 Å². The van der Waals surface area contributed by atoms with Gasteiger partial charge in [-0.3, -0.25) is 0 Å². The van der Waals surface area contributed by atoms with Gasteiger partial charge in [0.25, 0.3) is 0 Å². The molecule has 1 aromatic rings. The lowest BCUT2D eigenvalue weighted by atomic mass is 10.0. The fraction of sp³-hybridized carbons (Fsp3) is 0.538. The quantitative estimate of drug-likeness (QED) is 0.475. The van der Waals surface area contributed by atoms with Crippen molar-refractivity contribution in [2.24, 2.45) is 0 Å². The van der Waals surface area contributed by atoms with Gasteiger partial charge in [-0.15, -0.1) is 0 Å². The Morgan fingerprint density at radius 1 is 1.20 bits per heavy atom. The van der Waals surface area contributed by atoms with Gasteiger partial charge in [-0.2, -0.15) is 0 Å². The molecule has 7 heteroatoms. The number of hydrogen-bond donors (Lipinski definition) is 5. The van der Waals surface area contributed by atoms with Gasteiger partial charge >= 0.3 is 0 Å². The maximum absolute atomic E-state index is 9.83. The first-order chi connectivity index (χ1) is 9.52. The number of hydrogen-bond acceptors (Lipinski definition) is 7. The number of ether oxygens (including phenoxy) is 2. The molecule has 1 heterocycles. The fourth-order valence-corrected chi connectivity index (χ4v) is 1.99. The molecule has 0 bridgehead atoms. The summed E-state index contributed by atoms with van der Waals surface area (Å²) in [7, 11) is 0. The van der Waals surface area contributed by atoms with Gasteiger partial charge < -0.3 is 35.0 Å². The first-order valence-corrected chi connectivity index (χ1v) is 6.24. The van der Waals surface area contributed by atoms with Crippen molar-refractivity contribution >= 4 is 0 Å². The Morgan fingerprint density at radius 3 is 2.45 bits per heavy atom. The minimum absolute atomic E-state index is 0.0780. The third-order valence-corrected chi connectivity index (χ3v) is 3.16. The highest BCUT2D eigenvalue weighted by atomic mass is 16.7. The molecule has 1 aliphatic rings. The molecule has 112 valence electrons. The van der Waals surface area contributed by atoms with Crippen molar-refractivity contribution in [3.8, 4) is 5.75 Å². The summed E-state index contributed by atoms with van der Waals surface area (Å²) < 4.78 is 10.7. The molecule has 1 saturated heterocycles. The standard InChI is InChI=1S/C13H18O7/c14-5-9(16)11(18)12-10(17)6-19-13(20-12)7-1-3-8(15)4-2-7/h1-4,9-18H,5-6H2/t9-,10+,11+,12+,13?/m0/s1. The van der Waals surface area contributed by atoms with Crippen molar-refractivity contribution in [1.82, 2.24) is 0 Å². The number of phenolic OH excluding ortho intramolecular Hbond substituents is 1. The van der Waals surface area contributed by atoms with Crippen LogP contribution in [-0.4, -0.2) is 63.2 Å². The zero-order valence-corrected chi connectivity index (χ0v) is 10.7. The van der Waals surface area contributed by atoms with Gasteiger partial charge in [0.2, 0.25) is 0 Å². The number of benzene rings is 1. The van der Waals surface area contributed by atoms with Gasteiger partial charge in [-0.05, 0) is 12.1 Å². The largest absolute Gasteiger partial charge is 0.508 e. The highest BCUT2D eigenvalue weighted by Crippen LogP contribution is 2.29. The van der Waals surface area contributed by atoms with Crippen molar-refractivity contribution in [2.75, 3.05) is 13.2 Å². The van der Waals surface area contributed by atoms with Gasteiger partial charge in [0.1, 0.15) is 30.2 Å². The number of aromatic hydroxyl groups is 1. The van der Waals surface area contributed by atoms with Crippen molar-refractivity contribution in [1.29, 1.82) is 0 Å². The Kier molecular flexibility index (Phi) is 4.92. The summed E-state index contributed by atoms with van der Waals surface area (Å²) in [6.07, 6.45) is -5.86. The molecule has 5 atom stereocenters. The van der Waals surface area contributed by atoms with Crippen LogP contribution in [0.5, 0.6) is 5.75 Å². The molecule has 1 unspecified atom stereocenters. The Bertz CT molecular complexity index is 421. The van der Waals surface area contributed by atoms with E-state index in [0.717, 1.165) is 0 Å². The topological polar surface area (TPSA) is 120 Å². The molecule has 0 saturated carbocycles. The molecule has 20 heavy (non-hydrogen) atoms. The second-order valence-corrected chi connectivity index (χ2v) is 4.67. The average molecular weight is 286 g/mol. The van der Waals surface area contributed by atoms with E-state index < -0.39 is 37.3 Å². The Morgan fingerprint density at radius 2 is 1.85 bits per heavy atom. The summed E-state index contributed by atoms with van der Waals surface area (Å²) in [5.41, 5.74) is 0.602. The zero-order valence-electron chi connectivity index (χ0n) is 10.7. The normalized spacial score (nSPS) is 29.9. The minimum Gasteiger partial charge on any atom is -0.508 e. The van der Waals surface area contributed by atoms with Gasteiger partial charge in [-0.25, -0.2) is 0 Å². The molecule has 1 fully saturated rings. The lowest BCUT2D eigenvalue weighted by molar-refractivity contribution is -0.284. The second-order valence-electron chi connectivity index (χ2n) is 4.67. The smallest absolute Gasteiger partial charge is 0.184 e. The third-order valence-electron chi connectivity index (χ3n) is 3.16. The van der Waals surface area contributed by atoms with E-state index in [-0.39, 0.29) is 12.4 Å². The second kappa shape index (κ2) is 6.49. The summed E-state index contributed by atoms with van der Waals surface area (Å²) in [5.74, 6) is 0.0943. The van der Waals surface area contributed by atoms with E-state index in [1.54, 1.807) is 12.1 Å². The lowest BCUT2D eigenvalue weighted by Gasteiger charge is -2.37. The highest BCUT2D eigenvalue weighted by molar-refractivity contribution is 5.26. The van der Waals surface area contributed by atoms with Crippen LogP contribution in [-0.2, 0) is 9.47 Å². The Hall–Kier alpha value is -1.22. The Balaban J connectivity index is 2.09. The number of rotatable bonds is 4. The first-order valence-electron chi connectivity index (χ1n) is 6.24. The molecule has 0 radical (unpaired) electrons. The minimum atomic E-state index is -1.43. The molecular weight excluding hydrogens is 268 g/mol. The molecule has 2 rings (SSSR count). The van der Waals surface area contributed by atoms with Gasteiger partial charge in [0.05, 0.1) is 13.2 Å². The molecule has 0 aliphatic carbocycles. The predicted molar refractivity (Wildman–Crippen MR) is 66.8 cm³/mol. The maximum atomic E-state index is 9.83. The van der Waals surface area contributed by atoms with Crippen LogP contribution in [0.15, 0.2) is 24.3 Å². The average Bonchev–Trinajstić information content (AvgIpc) is 2.47. The van der Waals surface area contributed by atoms with Crippen LogP contribution in [0.3, 0.4) is 0 Å². The predicted octanol–water partition coefficient (Wildman–Crippen LogP) is -1.12. The van der Waals surface area contributed by atoms with Crippen LogP contribution in [0.25, 0.3) is 0 Å². The van der Waals surface area contributed by atoms with Crippen LogP contribution in [0.1, 0.15) is 11.9 Å². The monoisotopic (exact) mass is 286 g/mol. The molecular formula is C13H18O7. The molecule has 5 N–H and O–H groups in total. The van der Waals surface area contributed by atoms with Crippen LogP contribution in [0.4, 0.5) is 0 Å². The van der Waals surface area contributed by atoms with E-state index in [9.17, 15) is 20.4 Å². The van der Waals surface area contributed by atoms with E-state index in [2.05, 4.69) is 0 Å². The number of aliphatic hydroxyl groups excluding tert-OH is 4. The summed E-state index contributed by atoms with van der Waals surface area (Å²) >= 11 is 0. The summed E-state index contributed by atoms with van der Waals surface area (Å²) in [4.78, 5) is 0. The lowest BCUT2D eigenvalue weighted by Crippen LogP contribution is -2.52. The van der Waals surface area contributed by atoms with Crippen LogP contribution in [0.2, 0.25) is 0 Å². The van der Waals surface area contributed by atoms with E-state index in [1.165, 1.54) is 12.1 Å². The summed E-state index contributed by atoms with van der Waals surface area (Å²) in [5, 5.41) is 47.1. The zero-order chi connectivity index (χ0) is 14.7. The fourth-order valence-electron chi connectivity index (χ4n) is 1.99. The first kappa shape index (κ1) is 15.2. The molecule has 7 nitrogen and oxygen atoms in total. The van der Waals surface area contributed by atoms with E-state index >= 15 is 0 Å².